The molecule has 0 nitrogen and oxygen atoms in total. The highest BCUT2D eigenvalue weighted by Gasteiger charge is 2.51. The molecule has 0 N–H and O–H groups in total. The summed E-state index contributed by atoms with van der Waals surface area (Å²) >= 11 is 4.10. The van der Waals surface area contributed by atoms with Crippen LogP contribution in [0.4, 0.5) is 0 Å². The van der Waals surface area contributed by atoms with E-state index in [1.165, 1.54) is 5.30 Å². The molecule has 1 aromatic rings. The van der Waals surface area contributed by atoms with Crippen LogP contribution in [-0.2, 0) is 0 Å². The lowest BCUT2D eigenvalue weighted by molar-refractivity contribution is 0.794. The van der Waals surface area contributed by atoms with E-state index in [0.29, 0.717) is 5.16 Å². The van der Waals surface area contributed by atoms with Crippen molar-refractivity contribution in [2.24, 2.45) is 0 Å². The molecule has 0 aliphatic carbocycles. The molecule has 3 heteroatoms. The molecule has 0 saturated carbocycles. The van der Waals surface area contributed by atoms with Crippen molar-refractivity contribution in [1.29, 1.82) is 0 Å². The lowest BCUT2D eigenvalue weighted by Gasteiger charge is -2.33. The van der Waals surface area contributed by atoms with Crippen LogP contribution in [0.3, 0.4) is 0 Å². The minimum atomic E-state index is -1.16. The van der Waals surface area contributed by atoms with E-state index in [0.717, 1.165) is 0 Å². The van der Waals surface area contributed by atoms with Crippen LogP contribution in [-0.4, -0.2) is 17.7 Å². The van der Waals surface area contributed by atoms with Crippen molar-refractivity contribution in [2.75, 3.05) is 12.5 Å². The predicted octanol–water partition coefficient (Wildman–Crippen LogP) is 4.68. The van der Waals surface area contributed by atoms with Crippen molar-refractivity contribution >= 4 is 33.7 Å². The third-order valence-corrected chi connectivity index (χ3v) is 16.6. The summed E-state index contributed by atoms with van der Waals surface area (Å²) in [5.74, 6) is 0. The fourth-order valence-corrected chi connectivity index (χ4v) is 11.9. The van der Waals surface area contributed by atoms with Crippen molar-refractivity contribution in [3.8, 4) is 0 Å². The molecule has 84 valence electrons. The van der Waals surface area contributed by atoms with E-state index >= 15 is 0 Å². The first-order chi connectivity index (χ1) is 6.98. The smallest absolute Gasteiger partial charge is 0.0620 e. The van der Waals surface area contributed by atoms with Gasteiger partial charge in [0.1, 0.15) is 5.30 Å². The normalized spacial score (nSPS) is 12.9. The molecule has 0 saturated heterocycles. The first-order valence-corrected chi connectivity index (χ1v) is 10.5. The molecule has 0 aliphatic heterocycles. The monoisotopic (exact) mass is 259 g/mol. The van der Waals surface area contributed by atoms with E-state index in [9.17, 15) is 0 Å². The molecular formula is C12H20PS2+. The van der Waals surface area contributed by atoms with Crippen LogP contribution in [0.2, 0.25) is 0 Å². The highest BCUT2D eigenvalue weighted by atomic mass is 33.1. The highest BCUT2D eigenvalue weighted by molar-refractivity contribution is 8.96. The van der Waals surface area contributed by atoms with E-state index in [4.69, 9.17) is 0 Å². The zero-order valence-corrected chi connectivity index (χ0v) is 12.7. The van der Waals surface area contributed by atoms with Crippen molar-refractivity contribution < 1.29 is 0 Å². The second-order valence-electron chi connectivity index (χ2n) is 4.42. The summed E-state index contributed by atoms with van der Waals surface area (Å²) in [4.78, 5) is 0. The maximum Gasteiger partial charge on any atom is 0.169 e. The average Bonchev–Trinajstić information content (AvgIpc) is 2.20. The van der Waals surface area contributed by atoms with Gasteiger partial charge in [-0.15, -0.1) is 0 Å². The molecule has 0 unspecified atom stereocenters. The van der Waals surface area contributed by atoms with Crippen LogP contribution >= 0.6 is 28.4 Å². The molecule has 1 aromatic carbocycles. The zero-order chi connectivity index (χ0) is 11.5. The first kappa shape index (κ1) is 13.4. The van der Waals surface area contributed by atoms with Gasteiger partial charge in [0.2, 0.25) is 0 Å². The molecule has 0 atom stereocenters. The van der Waals surface area contributed by atoms with Gasteiger partial charge in [-0.05, 0) is 32.9 Å². The summed E-state index contributed by atoms with van der Waals surface area (Å²) in [5.41, 5.74) is -1.16. The summed E-state index contributed by atoms with van der Waals surface area (Å²) in [6, 6.07) is 11.0. The van der Waals surface area contributed by atoms with E-state index < -0.39 is 5.67 Å². The Morgan fingerprint density at radius 2 is 1.40 bits per heavy atom. The second kappa shape index (κ2) is 5.12. The average molecular weight is 259 g/mol. The van der Waals surface area contributed by atoms with Gasteiger partial charge >= 0.3 is 0 Å². The number of hydrogen-bond acceptors (Lipinski definition) is 2. The van der Waals surface area contributed by atoms with Crippen LogP contribution < -0.4 is 5.30 Å². The molecule has 0 amide bonds. The lowest BCUT2D eigenvalue weighted by atomic mass is 10.3. The van der Waals surface area contributed by atoms with E-state index in [1.54, 1.807) is 0 Å². The molecule has 15 heavy (non-hydrogen) atoms. The summed E-state index contributed by atoms with van der Waals surface area (Å²) in [7, 11) is 0. The summed E-state index contributed by atoms with van der Waals surface area (Å²) in [6.07, 6.45) is 4.51. The Bertz CT molecular complexity index is 299. The number of hydrogen-bond donors (Lipinski definition) is 0. The summed E-state index contributed by atoms with van der Waals surface area (Å²) < 4.78 is 0. The van der Waals surface area contributed by atoms with Gasteiger partial charge in [0, 0.05) is 35.3 Å². The molecule has 1 rings (SSSR count). The third-order valence-electron chi connectivity index (χ3n) is 2.49. The standard InChI is InChI=1S/C12H20PS2/c1-12(2,3)13(14-4,15-5)11-9-7-6-8-10-11/h6-10H,1-5H3/q+1. The SMILES string of the molecule is CS[P+](SC)(c1ccccc1)C(C)(C)C. The fourth-order valence-electron chi connectivity index (χ4n) is 1.84. The fraction of sp³-hybridized carbons (Fsp3) is 0.500. The Morgan fingerprint density at radius 1 is 0.933 bits per heavy atom. The Labute approximate surface area is 102 Å². The topological polar surface area (TPSA) is 0 Å². The van der Waals surface area contributed by atoms with Crippen LogP contribution in [0.15, 0.2) is 30.3 Å². The Kier molecular flexibility index (Phi) is 4.58. The van der Waals surface area contributed by atoms with Gasteiger partial charge < -0.3 is 0 Å². The summed E-state index contributed by atoms with van der Waals surface area (Å²) in [5, 5.41) is 1.88. The largest absolute Gasteiger partial charge is 0.169 e. The highest BCUT2D eigenvalue weighted by Crippen LogP contribution is 2.83. The van der Waals surface area contributed by atoms with Crippen LogP contribution in [0.1, 0.15) is 20.8 Å². The van der Waals surface area contributed by atoms with Crippen LogP contribution in [0.25, 0.3) is 0 Å². The van der Waals surface area contributed by atoms with Gasteiger partial charge in [-0.1, -0.05) is 18.2 Å². The number of benzene rings is 1. The van der Waals surface area contributed by atoms with Gasteiger partial charge in [-0.25, -0.2) is 0 Å². The number of rotatable bonds is 3. The third kappa shape index (κ3) is 2.54. The maximum atomic E-state index is 2.36. The van der Waals surface area contributed by atoms with Crippen molar-refractivity contribution in [1.82, 2.24) is 0 Å². The van der Waals surface area contributed by atoms with Gasteiger partial charge in [-0.3, -0.25) is 0 Å². The molecule has 0 fully saturated rings. The summed E-state index contributed by atoms with van der Waals surface area (Å²) in [6.45, 7) is 7.09. The minimum Gasteiger partial charge on any atom is -0.0620 e. The zero-order valence-electron chi connectivity index (χ0n) is 10.2. The van der Waals surface area contributed by atoms with Crippen molar-refractivity contribution in [3.63, 3.8) is 0 Å². The quantitative estimate of drug-likeness (QED) is 0.723. The first-order valence-electron chi connectivity index (χ1n) is 5.04. The molecule has 0 heterocycles. The lowest BCUT2D eigenvalue weighted by Crippen LogP contribution is -2.24. The molecular weight excluding hydrogens is 239 g/mol. The molecule has 0 aromatic heterocycles. The van der Waals surface area contributed by atoms with Gasteiger partial charge in [0.15, 0.2) is 5.67 Å². The van der Waals surface area contributed by atoms with Crippen molar-refractivity contribution in [2.45, 2.75) is 25.9 Å². The molecule has 0 spiro atoms. The van der Waals surface area contributed by atoms with E-state index in [-0.39, 0.29) is 0 Å². The van der Waals surface area contributed by atoms with Crippen LogP contribution in [0, 0.1) is 0 Å². The Morgan fingerprint density at radius 3 is 1.73 bits per heavy atom. The molecule has 0 radical (unpaired) electrons. The van der Waals surface area contributed by atoms with Crippen LogP contribution in [0.5, 0.6) is 0 Å². The maximum absolute atomic E-state index is 2.36. The molecule has 0 bridgehead atoms. The molecule has 0 aliphatic rings. The second-order valence-corrected chi connectivity index (χ2v) is 14.3. The van der Waals surface area contributed by atoms with E-state index in [1.807, 2.05) is 0 Å². The Hall–Kier alpha value is 0.350. The van der Waals surface area contributed by atoms with Gasteiger partial charge in [-0.2, -0.15) is 0 Å². The predicted molar refractivity (Wildman–Crippen MR) is 79.8 cm³/mol. The Balaban J connectivity index is 3.24. The van der Waals surface area contributed by atoms with Crippen molar-refractivity contribution in [3.05, 3.63) is 30.3 Å². The van der Waals surface area contributed by atoms with Gasteiger partial charge in [0.25, 0.3) is 0 Å². The van der Waals surface area contributed by atoms with E-state index in [2.05, 4.69) is 86.4 Å². The minimum absolute atomic E-state index is 0.354. The van der Waals surface area contributed by atoms with Gasteiger partial charge in [0.05, 0.1) is 5.16 Å².